The molecule has 38 heavy (non-hydrogen) atoms. The van der Waals surface area contributed by atoms with Gasteiger partial charge in [0.25, 0.3) is 5.92 Å². The molecule has 1 aromatic heterocycles. The molecule has 4 aliphatic rings. The highest BCUT2D eigenvalue weighted by Gasteiger charge is 2.82. The first-order chi connectivity index (χ1) is 17.9. The van der Waals surface area contributed by atoms with Crippen LogP contribution in [0.25, 0.3) is 0 Å². The van der Waals surface area contributed by atoms with Gasteiger partial charge in [0.2, 0.25) is 0 Å². The SMILES string of the molecule is O=S1(=O)CCN(c2ccc(C34CC(C(F)(F)C(O)(Cn5cnnn5)c5ccc(F)cc5F)(C3)C4)cc2)CC1. The van der Waals surface area contributed by atoms with Crippen molar-refractivity contribution in [1.29, 1.82) is 0 Å². The third-order valence-electron chi connectivity index (χ3n) is 8.56. The predicted octanol–water partition coefficient (Wildman–Crippen LogP) is 2.83. The molecule has 4 fully saturated rings. The second-order valence-electron chi connectivity index (χ2n) is 10.8. The largest absolute Gasteiger partial charge is 0.377 e. The van der Waals surface area contributed by atoms with Crippen LogP contribution >= 0.6 is 0 Å². The number of halogens is 4. The van der Waals surface area contributed by atoms with Crippen LogP contribution in [-0.4, -0.2) is 64.2 Å². The highest BCUT2D eigenvalue weighted by Crippen LogP contribution is 2.80. The fourth-order valence-electron chi connectivity index (χ4n) is 6.53. The van der Waals surface area contributed by atoms with E-state index >= 15 is 8.78 Å². The van der Waals surface area contributed by atoms with Crippen LogP contribution in [0.1, 0.15) is 30.4 Å². The van der Waals surface area contributed by atoms with Gasteiger partial charge in [0, 0.05) is 35.8 Å². The molecule has 0 spiro atoms. The minimum atomic E-state index is -3.79. The Morgan fingerprint density at radius 2 is 1.66 bits per heavy atom. The van der Waals surface area contributed by atoms with Crippen LogP contribution in [0.3, 0.4) is 0 Å². The molecule has 8 nitrogen and oxygen atoms in total. The van der Waals surface area contributed by atoms with Gasteiger partial charge in [-0.1, -0.05) is 12.1 Å². The lowest BCUT2D eigenvalue weighted by atomic mass is 9.30. The number of nitrogens with zero attached hydrogens (tertiary/aromatic N) is 5. The first-order valence-corrected chi connectivity index (χ1v) is 14.0. The summed E-state index contributed by atoms with van der Waals surface area (Å²) in [6.07, 6.45) is 1.32. The van der Waals surface area contributed by atoms with E-state index in [1.54, 1.807) is 0 Å². The van der Waals surface area contributed by atoms with Crippen LogP contribution in [0.2, 0.25) is 0 Å². The number of hydrogen-bond acceptors (Lipinski definition) is 7. The monoisotopic (exact) mass is 551 g/mol. The molecule has 1 aliphatic heterocycles. The minimum absolute atomic E-state index is 0.0923. The number of sulfone groups is 1. The van der Waals surface area contributed by atoms with Crippen LogP contribution in [0.15, 0.2) is 48.8 Å². The molecular formula is C25H25F4N5O3S. The summed E-state index contributed by atoms with van der Waals surface area (Å²) in [4.78, 5) is 1.98. The van der Waals surface area contributed by atoms with Crippen molar-refractivity contribution in [2.24, 2.45) is 5.41 Å². The topological polar surface area (TPSA) is 101 Å². The van der Waals surface area contributed by atoms with Gasteiger partial charge in [-0.3, -0.25) is 0 Å². The Morgan fingerprint density at radius 3 is 2.24 bits per heavy atom. The van der Waals surface area contributed by atoms with E-state index in [0.717, 1.165) is 34.4 Å². The number of hydrogen-bond donors (Lipinski definition) is 1. The van der Waals surface area contributed by atoms with Crippen LogP contribution in [-0.2, 0) is 27.4 Å². The molecule has 1 atom stereocenters. The molecule has 2 bridgehead atoms. The van der Waals surface area contributed by atoms with Gasteiger partial charge in [0.05, 0.1) is 18.1 Å². The number of rotatable bonds is 7. The molecule has 13 heteroatoms. The first-order valence-electron chi connectivity index (χ1n) is 12.2. The van der Waals surface area contributed by atoms with E-state index in [1.807, 2.05) is 29.2 Å². The molecule has 3 aromatic rings. The molecule has 2 aromatic carbocycles. The van der Waals surface area contributed by atoms with Gasteiger partial charge in [0.1, 0.15) is 18.0 Å². The number of aliphatic hydroxyl groups is 1. The molecule has 2 heterocycles. The Morgan fingerprint density at radius 1 is 1.00 bits per heavy atom. The summed E-state index contributed by atoms with van der Waals surface area (Å²) < 4.78 is 85.3. The Balaban J connectivity index is 1.24. The fourth-order valence-corrected chi connectivity index (χ4v) is 7.73. The standard InChI is InChI=1S/C25H25F4N5O3S/c26-18-3-6-20(21(27)11-18)24(35,15-34-16-30-31-32-34)25(28,29)23-12-22(13-23,14-23)17-1-4-19(5-2-17)33-7-9-38(36,37)10-8-33/h1-6,11,16,35H,7-10,12-15H2. The summed E-state index contributed by atoms with van der Waals surface area (Å²) in [6, 6.07) is 9.66. The summed E-state index contributed by atoms with van der Waals surface area (Å²) in [5.74, 6) is -5.82. The third kappa shape index (κ3) is 3.65. The van der Waals surface area contributed by atoms with Crippen LogP contribution in [0.5, 0.6) is 0 Å². The summed E-state index contributed by atoms with van der Waals surface area (Å²) in [5, 5.41) is 21.9. The maximum atomic E-state index is 16.3. The van der Waals surface area contributed by atoms with Crippen molar-refractivity contribution < 1.29 is 31.1 Å². The molecule has 3 saturated carbocycles. The Kier molecular flexibility index (Phi) is 5.46. The molecule has 0 radical (unpaired) electrons. The lowest BCUT2D eigenvalue weighted by Crippen LogP contribution is -2.76. The molecule has 1 saturated heterocycles. The lowest BCUT2D eigenvalue weighted by molar-refractivity contribution is -0.347. The Hall–Kier alpha value is -3.06. The third-order valence-corrected chi connectivity index (χ3v) is 10.2. The zero-order chi connectivity index (χ0) is 27.0. The van der Waals surface area contributed by atoms with E-state index in [2.05, 4.69) is 15.5 Å². The van der Waals surface area contributed by atoms with E-state index in [9.17, 15) is 22.3 Å². The van der Waals surface area contributed by atoms with Crippen molar-refractivity contribution in [3.8, 4) is 0 Å². The summed E-state index contributed by atoms with van der Waals surface area (Å²) in [5.41, 5.74) is -4.03. The fraction of sp³-hybridized carbons (Fsp3) is 0.480. The van der Waals surface area contributed by atoms with Gasteiger partial charge in [0.15, 0.2) is 15.4 Å². The quantitative estimate of drug-likeness (QED) is 0.451. The number of aromatic nitrogens is 4. The summed E-state index contributed by atoms with van der Waals surface area (Å²) in [7, 11) is -3.01. The Bertz CT molecular complexity index is 1450. The average molecular weight is 552 g/mol. The molecule has 202 valence electrons. The molecule has 1 N–H and O–H groups in total. The van der Waals surface area contributed by atoms with E-state index < -0.39 is 55.9 Å². The summed E-state index contributed by atoms with van der Waals surface area (Å²) in [6.45, 7) is -0.00545. The smallest absolute Gasteiger partial charge is 0.287 e. The highest BCUT2D eigenvalue weighted by molar-refractivity contribution is 7.91. The van der Waals surface area contributed by atoms with Gasteiger partial charge >= 0.3 is 0 Å². The van der Waals surface area contributed by atoms with Gasteiger partial charge < -0.3 is 10.0 Å². The number of tetrazole rings is 1. The van der Waals surface area contributed by atoms with Crippen molar-refractivity contribution >= 4 is 15.5 Å². The molecule has 7 rings (SSSR count). The van der Waals surface area contributed by atoms with Crippen molar-refractivity contribution in [2.75, 3.05) is 29.5 Å². The number of anilines is 1. The molecule has 0 amide bonds. The maximum Gasteiger partial charge on any atom is 0.287 e. The summed E-state index contributed by atoms with van der Waals surface area (Å²) >= 11 is 0. The number of benzene rings is 2. The van der Waals surface area contributed by atoms with Crippen molar-refractivity contribution in [2.45, 2.75) is 42.7 Å². The zero-order valence-electron chi connectivity index (χ0n) is 20.2. The average Bonchev–Trinajstić information content (AvgIpc) is 3.30. The van der Waals surface area contributed by atoms with Gasteiger partial charge in [-0.05, 0) is 64.9 Å². The lowest BCUT2D eigenvalue weighted by Gasteiger charge is -2.74. The second-order valence-corrected chi connectivity index (χ2v) is 13.1. The van der Waals surface area contributed by atoms with E-state index in [-0.39, 0.29) is 30.8 Å². The molecular weight excluding hydrogens is 526 g/mol. The zero-order valence-corrected chi connectivity index (χ0v) is 21.0. The molecule has 3 aliphatic carbocycles. The minimum Gasteiger partial charge on any atom is -0.377 e. The van der Waals surface area contributed by atoms with E-state index in [4.69, 9.17) is 0 Å². The number of alkyl halides is 2. The van der Waals surface area contributed by atoms with Gasteiger partial charge in [-0.25, -0.2) is 30.7 Å². The van der Waals surface area contributed by atoms with Crippen LogP contribution in [0, 0.1) is 17.0 Å². The van der Waals surface area contributed by atoms with Crippen molar-refractivity contribution in [1.82, 2.24) is 20.2 Å². The van der Waals surface area contributed by atoms with Crippen molar-refractivity contribution in [3.05, 3.63) is 71.6 Å². The van der Waals surface area contributed by atoms with Gasteiger partial charge in [-0.2, -0.15) is 0 Å². The normalized spacial score (nSPS) is 27.8. The van der Waals surface area contributed by atoms with E-state index in [1.165, 1.54) is 0 Å². The van der Waals surface area contributed by atoms with Crippen LogP contribution in [0.4, 0.5) is 23.2 Å². The van der Waals surface area contributed by atoms with Crippen LogP contribution < -0.4 is 4.90 Å². The maximum absolute atomic E-state index is 16.3. The second kappa shape index (κ2) is 8.22. The van der Waals surface area contributed by atoms with Crippen molar-refractivity contribution in [3.63, 3.8) is 0 Å². The van der Waals surface area contributed by atoms with E-state index in [0.29, 0.717) is 19.2 Å². The molecule has 1 unspecified atom stereocenters. The Labute approximate surface area is 216 Å². The first kappa shape index (κ1) is 25.2. The predicted molar refractivity (Wildman–Crippen MR) is 128 cm³/mol. The highest BCUT2D eigenvalue weighted by atomic mass is 32.2. The van der Waals surface area contributed by atoms with Gasteiger partial charge in [-0.15, -0.1) is 5.10 Å².